The molecular formula is C42H83N. The van der Waals surface area contributed by atoms with Crippen LogP contribution in [0.4, 0.5) is 0 Å². The van der Waals surface area contributed by atoms with Crippen LogP contribution in [-0.4, -0.2) is 0 Å². The summed E-state index contributed by atoms with van der Waals surface area (Å²) in [7, 11) is 0. The van der Waals surface area contributed by atoms with Gasteiger partial charge in [0.15, 0.2) is 0 Å². The third-order valence-electron chi connectivity index (χ3n) is 9.99. The van der Waals surface area contributed by atoms with Gasteiger partial charge in [0, 0.05) is 5.92 Å². The van der Waals surface area contributed by atoms with E-state index in [-0.39, 0.29) is 0 Å². The van der Waals surface area contributed by atoms with E-state index in [9.17, 15) is 5.26 Å². The first-order chi connectivity index (χ1) is 21.3. The van der Waals surface area contributed by atoms with Gasteiger partial charge in [-0.1, -0.05) is 245 Å². The lowest BCUT2D eigenvalue weighted by Crippen LogP contribution is -1.97. The van der Waals surface area contributed by atoms with Crippen LogP contribution in [0.2, 0.25) is 0 Å². The van der Waals surface area contributed by atoms with Crippen molar-refractivity contribution >= 4 is 0 Å². The van der Waals surface area contributed by atoms with Gasteiger partial charge in [0.2, 0.25) is 0 Å². The molecule has 0 aromatic rings. The van der Waals surface area contributed by atoms with Crippen molar-refractivity contribution in [3.05, 3.63) is 0 Å². The molecule has 0 aromatic carbocycles. The highest BCUT2D eigenvalue weighted by Gasteiger charge is 2.07. The highest BCUT2D eigenvalue weighted by molar-refractivity contribution is 4.82. The van der Waals surface area contributed by atoms with E-state index < -0.39 is 0 Å². The summed E-state index contributed by atoms with van der Waals surface area (Å²) in [4.78, 5) is 0. The third kappa shape index (κ3) is 37.6. The molecule has 0 fully saturated rings. The summed E-state index contributed by atoms with van der Waals surface area (Å²) < 4.78 is 0. The minimum absolute atomic E-state index is 0.321. The van der Waals surface area contributed by atoms with Crippen molar-refractivity contribution in [3.8, 4) is 6.07 Å². The minimum atomic E-state index is 0.321. The largest absolute Gasteiger partial charge is 0.198 e. The van der Waals surface area contributed by atoms with Gasteiger partial charge >= 0.3 is 0 Å². The quantitative estimate of drug-likeness (QED) is 0.0646. The summed E-state index contributed by atoms with van der Waals surface area (Å²) >= 11 is 0. The maximum atomic E-state index is 9.56. The fraction of sp³-hybridized carbons (Fsp3) is 0.976. The summed E-state index contributed by atoms with van der Waals surface area (Å²) in [5, 5.41) is 9.56. The van der Waals surface area contributed by atoms with Gasteiger partial charge in [0.25, 0.3) is 0 Å². The first kappa shape index (κ1) is 42.5. The second-order valence-corrected chi connectivity index (χ2v) is 14.4. The van der Waals surface area contributed by atoms with E-state index in [1.165, 1.54) is 231 Å². The van der Waals surface area contributed by atoms with Crippen molar-refractivity contribution in [3.63, 3.8) is 0 Å². The normalized spacial score (nSPS) is 11.5. The van der Waals surface area contributed by atoms with Crippen LogP contribution in [0.25, 0.3) is 0 Å². The Morgan fingerprint density at radius 1 is 0.279 bits per heavy atom. The predicted molar refractivity (Wildman–Crippen MR) is 196 cm³/mol. The average molecular weight is 602 g/mol. The third-order valence-corrected chi connectivity index (χ3v) is 9.99. The zero-order valence-corrected chi connectivity index (χ0v) is 30.4. The molecule has 0 spiro atoms. The molecule has 0 saturated heterocycles. The Hall–Kier alpha value is -0.510. The fourth-order valence-corrected chi connectivity index (χ4v) is 6.86. The Balaban J connectivity index is 3.25. The van der Waals surface area contributed by atoms with E-state index in [1.807, 2.05) is 0 Å². The Morgan fingerprint density at radius 3 is 0.605 bits per heavy atom. The van der Waals surface area contributed by atoms with Crippen LogP contribution in [0.3, 0.4) is 0 Å². The van der Waals surface area contributed by atoms with E-state index in [2.05, 4.69) is 19.9 Å². The first-order valence-electron chi connectivity index (χ1n) is 20.7. The van der Waals surface area contributed by atoms with Crippen molar-refractivity contribution < 1.29 is 0 Å². The zero-order chi connectivity index (χ0) is 31.2. The van der Waals surface area contributed by atoms with Gasteiger partial charge in [-0.2, -0.15) is 5.26 Å². The Labute approximate surface area is 274 Å². The van der Waals surface area contributed by atoms with Crippen LogP contribution in [0.15, 0.2) is 0 Å². The molecule has 0 N–H and O–H groups in total. The summed E-state index contributed by atoms with van der Waals surface area (Å²) in [6.45, 7) is 4.60. The van der Waals surface area contributed by atoms with E-state index in [1.54, 1.807) is 0 Å². The SMILES string of the molecule is CCCCCCCCCCCCCCCCCCCCC(C#N)CCCCCCCCCCCCCCCCCCCC. The highest BCUT2D eigenvalue weighted by atomic mass is 14.3. The fourth-order valence-electron chi connectivity index (χ4n) is 6.86. The molecule has 43 heavy (non-hydrogen) atoms. The molecule has 256 valence electrons. The molecule has 0 amide bonds. The monoisotopic (exact) mass is 602 g/mol. The molecule has 0 radical (unpaired) electrons. The molecule has 0 heterocycles. The molecule has 0 aliphatic heterocycles. The Morgan fingerprint density at radius 2 is 0.442 bits per heavy atom. The zero-order valence-electron chi connectivity index (χ0n) is 30.4. The number of nitriles is 1. The van der Waals surface area contributed by atoms with Crippen molar-refractivity contribution in [1.29, 1.82) is 5.26 Å². The van der Waals surface area contributed by atoms with Crippen LogP contribution < -0.4 is 0 Å². The van der Waals surface area contributed by atoms with Crippen molar-refractivity contribution in [2.45, 2.75) is 258 Å². The van der Waals surface area contributed by atoms with Crippen molar-refractivity contribution in [1.82, 2.24) is 0 Å². The molecule has 0 saturated carbocycles. The summed E-state index contributed by atoms with van der Waals surface area (Å²) in [5.74, 6) is 0.321. The van der Waals surface area contributed by atoms with Crippen molar-refractivity contribution in [2.24, 2.45) is 5.92 Å². The Bertz CT molecular complexity index is 479. The smallest absolute Gasteiger partial charge is 0.0655 e. The van der Waals surface area contributed by atoms with Gasteiger partial charge in [-0.15, -0.1) is 0 Å². The van der Waals surface area contributed by atoms with Crippen LogP contribution in [0.1, 0.15) is 258 Å². The number of hydrogen-bond acceptors (Lipinski definition) is 1. The number of hydrogen-bond donors (Lipinski definition) is 0. The van der Waals surface area contributed by atoms with Crippen LogP contribution in [0, 0.1) is 17.2 Å². The molecule has 0 rings (SSSR count). The van der Waals surface area contributed by atoms with Gasteiger partial charge in [-0.25, -0.2) is 0 Å². The van der Waals surface area contributed by atoms with Crippen LogP contribution >= 0.6 is 0 Å². The number of nitrogens with zero attached hydrogens (tertiary/aromatic N) is 1. The predicted octanol–water partition coefficient (Wildman–Crippen LogP) is 16.0. The average Bonchev–Trinajstić information content (AvgIpc) is 3.02. The van der Waals surface area contributed by atoms with E-state index in [0.717, 1.165) is 12.8 Å². The second-order valence-electron chi connectivity index (χ2n) is 14.4. The molecule has 0 atom stereocenters. The molecular weight excluding hydrogens is 518 g/mol. The van der Waals surface area contributed by atoms with Gasteiger partial charge in [0.1, 0.15) is 0 Å². The lowest BCUT2D eigenvalue weighted by Gasteiger charge is -2.09. The summed E-state index contributed by atoms with van der Waals surface area (Å²) in [6.07, 6.45) is 53.7. The summed E-state index contributed by atoms with van der Waals surface area (Å²) in [5.41, 5.74) is 0. The maximum Gasteiger partial charge on any atom is 0.0655 e. The number of unbranched alkanes of at least 4 members (excludes halogenated alkanes) is 34. The van der Waals surface area contributed by atoms with Gasteiger partial charge in [-0.3, -0.25) is 0 Å². The standard InChI is InChI=1S/C42H83N/c1-3-5-7-9-11-13-15-17-19-21-23-25-27-29-31-33-35-37-39-42(41-43)40-38-36-34-32-30-28-26-24-22-20-18-16-14-12-10-8-6-4-2/h42H,3-40H2,1-2H3. The Kier molecular flexibility index (Phi) is 39.0. The van der Waals surface area contributed by atoms with Gasteiger partial charge in [-0.05, 0) is 12.8 Å². The molecule has 0 aromatic heterocycles. The molecule has 1 heteroatoms. The second kappa shape index (κ2) is 39.5. The molecule has 1 nitrogen and oxygen atoms in total. The lowest BCUT2D eigenvalue weighted by molar-refractivity contribution is 0.467. The van der Waals surface area contributed by atoms with Gasteiger partial charge < -0.3 is 0 Å². The highest BCUT2D eigenvalue weighted by Crippen LogP contribution is 2.20. The van der Waals surface area contributed by atoms with E-state index in [0.29, 0.717) is 5.92 Å². The minimum Gasteiger partial charge on any atom is -0.198 e. The van der Waals surface area contributed by atoms with Crippen molar-refractivity contribution in [2.75, 3.05) is 0 Å². The number of rotatable bonds is 38. The molecule has 0 aliphatic rings. The molecule has 0 aliphatic carbocycles. The molecule has 0 bridgehead atoms. The van der Waals surface area contributed by atoms with E-state index >= 15 is 0 Å². The van der Waals surface area contributed by atoms with Crippen LogP contribution in [-0.2, 0) is 0 Å². The van der Waals surface area contributed by atoms with Crippen LogP contribution in [0.5, 0.6) is 0 Å². The van der Waals surface area contributed by atoms with E-state index in [4.69, 9.17) is 0 Å². The topological polar surface area (TPSA) is 23.8 Å². The first-order valence-corrected chi connectivity index (χ1v) is 20.7. The molecule has 0 unspecified atom stereocenters. The van der Waals surface area contributed by atoms with Gasteiger partial charge in [0.05, 0.1) is 6.07 Å². The lowest BCUT2D eigenvalue weighted by atomic mass is 9.95. The summed E-state index contributed by atoms with van der Waals surface area (Å²) in [6, 6.07) is 2.62. The maximum absolute atomic E-state index is 9.56.